The molecule has 0 heterocycles. The lowest BCUT2D eigenvalue weighted by molar-refractivity contribution is -0.123. The van der Waals surface area contributed by atoms with Gasteiger partial charge < -0.3 is 16.2 Å². The first-order valence-electron chi connectivity index (χ1n) is 12.4. The highest BCUT2D eigenvalue weighted by Crippen LogP contribution is 2.20. The highest BCUT2D eigenvalue weighted by Gasteiger charge is 2.16. The quantitative estimate of drug-likeness (QED) is 0.243. The van der Waals surface area contributed by atoms with Crippen LogP contribution in [-0.4, -0.2) is 24.4 Å². The number of ether oxygens (including phenoxy) is 1. The second kappa shape index (κ2) is 15.6. The fourth-order valence-electron chi connectivity index (χ4n) is 3.59. The van der Waals surface area contributed by atoms with Gasteiger partial charge in [0.05, 0.1) is 0 Å². The van der Waals surface area contributed by atoms with E-state index >= 15 is 0 Å². The third-order valence-electron chi connectivity index (χ3n) is 5.79. The fraction of sp³-hybridized carbons (Fsp3) is 0.333. The third kappa shape index (κ3) is 11.0. The summed E-state index contributed by atoms with van der Waals surface area (Å²) in [7, 11) is 0. The van der Waals surface area contributed by atoms with Crippen molar-refractivity contribution in [3.05, 3.63) is 100 Å². The number of aryl methyl sites for hydroxylation is 3. The Kier molecular flexibility index (Phi) is 12.6. The van der Waals surface area contributed by atoms with Crippen LogP contribution in [0.25, 0.3) is 0 Å². The first kappa shape index (κ1) is 28.9. The maximum atomic E-state index is 11.9. The highest BCUT2D eigenvalue weighted by molar-refractivity contribution is 6.30. The number of halogens is 1. The van der Waals surface area contributed by atoms with Crippen molar-refractivity contribution in [3.8, 4) is 5.75 Å². The molecule has 3 aromatic rings. The summed E-state index contributed by atoms with van der Waals surface area (Å²) in [5.41, 5.74) is 15.5. The van der Waals surface area contributed by atoms with Gasteiger partial charge in [-0.3, -0.25) is 9.79 Å². The molecule has 0 aliphatic carbocycles. The number of para-hydroxylation sites is 1. The maximum absolute atomic E-state index is 11.9. The lowest BCUT2D eigenvalue weighted by Gasteiger charge is -2.18. The van der Waals surface area contributed by atoms with E-state index in [2.05, 4.69) is 36.2 Å². The van der Waals surface area contributed by atoms with Crippen LogP contribution in [0.5, 0.6) is 5.75 Å². The van der Waals surface area contributed by atoms with Crippen LogP contribution < -0.4 is 16.2 Å². The topological polar surface area (TPSA) is 90.7 Å². The second-order valence-corrected chi connectivity index (χ2v) is 9.16. The summed E-state index contributed by atoms with van der Waals surface area (Å²) in [6.07, 6.45) is 4.01. The first-order valence-corrected chi connectivity index (χ1v) is 12.8. The summed E-state index contributed by atoms with van der Waals surface area (Å²) in [6.45, 7) is 6.30. The predicted octanol–water partition coefficient (Wildman–Crippen LogP) is 6.07. The number of aliphatic imine (C=N–C) groups is 1. The van der Waals surface area contributed by atoms with Gasteiger partial charge in [0.1, 0.15) is 5.75 Å². The van der Waals surface area contributed by atoms with Crippen molar-refractivity contribution in [1.82, 2.24) is 0 Å². The summed E-state index contributed by atoms with van der Waals surface area (Å²) in [5.74, 6) is 0.968. The number of nitrogens with zero attached hydrogens (tertiary/aromatic N) is 1. The van der Waals surface area contributed by atoms with E-state index in [0.29, 0.717) is 13.0 Å². The Morgan fingerprint density at radius 2 is 1.50 bits per heavy atom. The van der Waals surface area contributed by atoms with E-state index in [9.17, 15) is 4.79 Å². The van der Waals surface area contributed by atoms with Crippen LogP contribution in [0.2, 0.25) is 5.02 Å². The Balaban J connectivity index is 0.000000425. The van der Waals surface area contributed by atoms with E-state index < -0.39 is 6.10 Å². The number of Topliss-reactive ketones (excluding diaryl/α,β-unsaturated/α-hetero) is 1. The Morgan fingerprint density at radius 3 is 2.06 bits per heavy atom. The number of rotatable bonds is 11. The van der Waals surface area contributed by atoms with E-state index in [-0.39, 0.29) is 11.7 Å². The standard InChI is InChI=1S/C22H29N3O2.C8H9Cl/c1-16-6-3-4-8-20(16)27-21(17(2)26)9-5-7-18-10-12-19(13-11-18)14-15-25-22(23)24;1-2-7-3-5-8(9)6-4-7/h3-4,6,8,10-13,21H,5,7,9,14-15H2,1-2H3,(H4,23,24,25);3-6H,2H2,1H3. The molecule has 0 spiro atoms. The molecule has 1 unspecified atom stereocenters. The zero-order valence-corrected chi connectivity index (χ0v) is 22.3. The third-order valence-corrected chi connectivity index (χ3v) is 6.04. The van der Waals surface area contributed by atoms with Crippen LogP contribution in [0.1, 0.15) is 48.9 Å². The normalized spacial score (nSPS) is 11.1. The summed E-state index contributed by atoms with van der Waals surface area (Å²) >= 11 is 5.67. The number of hydrogen-bond donors (Lipinski definition) is 2. The van der Waals surface area contributed by atoms with Crippen LogP contribution >= 0.6 is 11.6 Å². The Hall–Kier alpha value is -3.31. The van der Waals surface area contributed by atoms with Crippen molar-refractivity contribution in [1.29, 1.82) is 0 Å². The fourth-order valence-corrected chi connectivity index (χ4v) is 3.71. The van der Waals surface area contributed by atoms with Crippen molar-refractivity contribution in [2.45, 2.75) is 59.0 Å². The van der Waals surface area contributed by atoms with Gasteiger partial charge in [0.25, 0.3) is 0 Å². The van der Waals surface area contributed by atoms with Gasteiger partial charge in [0, 0.05) is 11.6 Å². The zero-order chi connectivity index (χ0) is 26.3. The highest BCUT2D eigenvalue weighted by atomic mass is 35.5. The van der Waals surface area contributed by atoms with Gasteiger partial charge in [-0.05, 0) is 86.4 Å². The number of hydrogen-bond acceptors (Lipinski definition) is 3. The van der Waals surface area contributed by atoms with Crippen molar-refractivity contribution in [2.24, 2.45) is 16.5 Å². The molecule has 0 saturated heterocycles. The monoisotopic (exact) mass is 507 g/mol. The number of carbonyl (C=O) groups excluding carboxylic acids is 1. The molecule has 0 saturated carbocycles. The molecule has 5 nitrogen and oxygen atoms in total. The number of carbonyl (C=O) groups is 1. The maximum Gasteiger partial charge on any atom is 0.185 e. The van der Waals surface area contributed by atoms with Crippen LogP contribution in [0.4, 0.5) is 0 Å². The van der Waals surface area contributed by atoms with Gasteiger partial charge in [-0.2, -0.15) is 0 Å². The minimum absolute atomic E-state index is 0.0633. The lowest BCUT2D eigenvalue weighted by atomic mass is 10.0. The molecule has 0 fully saturated rings. The summed E-state index contributed by atoms with van der Waals surface area (Å²) < 4.78 is 5.94. The number of guanidine groups is 1. The van der Waals surface area contributed by atoms with Crippen LogP contribution in [-0.2, 0) is 24.1 Å². The number of benzene rings is 3. The van der Waals surface area contributed by atoms with Gasteiger partial charge in [-0.1, -0.05) is 73.1 Å². The summed E-state index contributed by atoms with van der Waals surface area (Å²) in [5, 5.41) is 0.812. The first-order chi connectivity index (χ1) is 17.3. The SMILES string of the molecule is CC(=O)C(CCCc1ccc(CCN=C(N)N)cc1)Oc1ccccc1C.CCc1ccc(Cl)cc1. The molecule has 36 heavy (non-hydrogen) atoms. The predicted molar refractivity (Wildman–Crippen MR) is 151 cm³/mol. The molecule has 0 aliphatic rings. The van der Waals surface area contributed by atoms with Gasteiger partial charge in [0.15, 0.2) is 17.8 Å². The molecule has 3 aromatic carbocycles. The minimum Gasteiger partial charge on any atom is -0.482 e. The Bertz CT molecular complexity index is 1090. The molecule has 6 heteroatoms. The summed E-state index contributed by atoms with van der Waals surface area (Å²) in [4.78, 5) is 15.9. The van der Waals surface area contributed by atoms with Crippen molar-refractivity contribution >= 4 is 23.3 Å². The minimum atomic E-state index is -0.398. The molecular formula is C30H38ClN3O2. The molecule has 0 aliphatic heterocycles. The molecule has 192 valence electrons. The zero-order valence-electron chi connectivity index (χ0n) is 21.5. The van der Waals surface area contributed by atoms with Crippen molar-refractivity contribution in [3.63, 3.8) is 0 Å². The Labute approximate surface area is 220 Å². The summed E-state index contributed by atoms with van der Waals surface area (Å²) in [6, 6.07) is 24.2. The Morgan fingerprint density at radius 1 is 0.917 bits per heavy atom. The largest absolute Gasteiger partial charge is 0.482 e. The average molecular weight is 508 g/mol. The van der Waals surface area contributed by atoms with Crippen molar-refractivity contribution < 1.29 is 9.53 Å². The molecule has 0 amide bonds. The van der Waals surface area contributed by atoms with E-state index in [0.717, 1.165) is 42.0 Å². The molecule has 1 atom stereocenters. The molecule has 0 radical (unpaired) electrons. The second-order valence-electron chi connectivity index (χ2n) is 8.73. The molecule has 0 bridgehead atoms. The molecule has 0 aromatic heterocycles. The van der Waals surface area contributed by atoms with Gasteiger partial charge in [-0.15, -0.1) is 0 Å². The van der Waals surface area contributed by atoms with Crippen LogP contribution in [0.3, 0.4) is 0 Å². The number of ketones is 1. The smallest absolute Gasteiger partial charge is 0.185 e. The molecule has 3 rings (SSSR count). The number of nitrogens with two attached hydrogens (primary N) is 2. The van der Waals surface area contributed by atoms with Crippen LogP contribution in [0, 0.1) is 6.92 Å². The average Bonchev–Trinajstić information content (AvgIpc) is 2.86. The van der Waals surface area contributed by atoms with E-state index in [1.165, 1.54) is 16.7 Å². The molecule has 4 N–H and O–H groups in total. The van der Waals surface area contributed by atoms with Gasteiger partial charge in [-0.25, -0.2) is 0 Å². The van der Waals surface area contributed by atoms with E-state index in [4.69, 9.17) is 27.8 Å². The molecular weight excluding hydrogens is 470 g/mol. The lowest BCUT2D eigenvalue weighted by Crippen LogP contribution is -2.25. The van der Waals surface area contributed by atoms with E-state index in [1.54, 1.807) is 6.92 Å². The van der Waals surface area contributed by atoms with Crippen LogP contribution in [0.15, 0.2) is 77.8 Å². The van der Waals surface area contributed by atoms with Gasteiger partial charge in [0.2, 0.25) is 0 Å². The van der Waals surface area contributed by atoms with Crippen molar-refractivity contribution in [2.75, 3.05) is 6.54 Å². The van der Waals surface area contributed by atoms with E-state index in [1.807, 2.05) is 55.5 Å². The van der Waals surface area contributed by atoms with Gasteiger partial charge >= 0.3 is 0 Å².